The maximum absolute atomic E-state index is 12.6. The topological polar surface area (TPSA) is 57.5 Å². The summed E-state index contributed by atoms with van der Waals surface area (Å²) in [6, 6.07) is 0. The average Bonchev–Trinajstić information content (AvgIpc) is 2.89. The first-order valence-corrected chi connectivity index (χ1v) is 11.4. The van der Waals surface area contributed by atoms with Gasteiger partial charge in [0, 0.05) is 17.3 Å². The highest BCUT2D eigenvalue weighted by atomic mass is 16.3. The number of ketones is 1. The molecule has 4 aliphatic carbocycles. The summed E-state index contributed by atoms with van der Waals surface area (Å²) in [4.78, 5) is 12.6. The molecule has 0 spiro atoms. The normalized spacial score (nSPS) is 50.0. The van der Waals surface area contributed by atoms with Gasteiger partial charge in [0.2, 0.25) is 0 Å². The molecule has 0 aliphatic heterocycles. The molecule has 0 heterocycles. The number of Topliss-reactive ketones (excluding diaryl/α,β-unsaturated/α-hetero) is 1. The van der Waals surface area contributed by atoms with Crippen molar-refractivity contribution in [3.05, 3.63) is 23.8 Å². The Bertz CT molecular complexity index is 707. The largest absolute Gasteiger partial charge is 0.393 e. The molecule has 0 bridgehead atoms. The third-order valence-corrected chi connectivity index (χ3v) is 9.26. The Kier molecular flexibility index (Phi) is 4.94. The molecule has 156 valence electrons. The molecule has 4 rings (SSSR count). The monoisotopic (exact) mass is 386 g/mol. The van der Waals surface area contributed by atoms with E-state index in [0.717, 1.165) is 19.3 Å². The van der Waals surface area contributed by atoms with Gasteiger partial charge in [-0.15, -0.1) is 0 Å². The van der Waals surface area contributed by atoms with Crippen molar-refractivity contribution in [1.29, 1.82) is 0 Å². The zero-order valence-corrected chi connectivity index (χ0v) is 18.2. The maximum Gasteiger partial charge on any atom is 0.162 e. The van der Waals surface area contributed by atoms with Crippen molar-refractivity contribution in [2.24, 2.45) is 52.3 Å². The smallest absolute Gasteiger partial charge is 0.162 e. The molecule has 3 saturated carbocycles. The molecule has 3 heteroatoms. The lowest BCUT2D eigenvalue weighted by Gasteiger charge is -2.59. The molecular weight excluding hydrogens is 348 g/mol. The molecule has 3 fully saturated rings. The predicted molar refractivity (Wildman–Crippen MR) is 111 cm³/mol. The molecule has 9 atom stereocenters. The van der Waals surface area contributed by atoms with Crippen LogP contribution in [0.1, 0.15) is 60.3 Å². The van der Waals surface area contributed by atoms with Gasteiger partial charge in [0.1, 0.15) is 6.61 Å². The Hall–Kier alpha value is -0.930. The lowest BCUT2D eigenvalue weighted by Crippen LogP contribution is -2.56. The molecular formula is C25H38O3. The van der Waals surface area contributed by atoms with Crippen LogP contribution in [0, 0.1) is 52.3 Å². The van der Waals surface area contributed by atoms with Gasteiger partial charge in [-0.05, 0) is 60.7 Å². The number of hydrogen-bond donors (Lipinski definition) is 2. The van der Waals surface area contributed by atoms with Gasteiger partial charge in [0.05, 0.1) is 6.10 Å². The predicted octanol–water partition coefficient (Wildman–Crippen LogP) is 4.39. The van der Waals surface area contributed by atoms with Crippen molar-refractivity contribution < 1.29 is 15.0 Å². The van der Waals surface area contributed by atoms with Gasteiger partial charge in [-0.1, -0.05) is 58.4 Å². The van der Waals surface area contributed by atoms with Crippen molar-refractivity contribution in [1.82, 2.24) is 0 Å². The van der Waals surface area contributed by atoms with Crippen LogP contribution in [0.5, 0.6) is 0 Å². The summed E-state index contributed by atoms with van der Waals surface area (Å²) in [5, 5.41) is 21.0. The molecule has 4 aliphatic rings. The van der Waals surface area contributed by atoms with Crippen LogP contribution in [0.4, 0.5) is 0 Å². The number of allylic oxidation sites excluding steroid dienone is 4. The number of aliphatic hydroxyl groups excluding tert-OH is 2. The van der Waals surface area contributed by atoms with Crippen LogP contribution >= 0.6 is 0 Å². The molecule has 0 amide bonds. The van der Waals surface area contributed by atoms with Gasteiger partial charge >= 0.3 is 0 Å². The molecule has 2 N–H and O–H groups in total. The number of aliphatic hydroxyl groups is 2. The second-order valence-electron chi connectivity index (χ2n) is 11.1. The average molecular weight is 387 g/mol. The van der Waals surface area contributed by atoms with Crippen LogP contribution in [0.15, 0.2) is 23.8 Å². The Morgan fingerprint density at radius 2 is 2.04 bits per heavy atom. The summed E-state index contributed by atoms with van der Waals surface area (Å²) >= 11 is 0. The molecule has 0 aromatic heterocycles. The van der Waals surface area contributed by atoms with E-state index in [1.165, 1.54) is 5.57 Å². The minimum Gasteiger partial charge on any atom is -0.393 e. The highest BCUT2D eigenvalue weighted by molar-refractivity contribution is 5.83. The fraction of sp³-hybridized carbons (Fsp3) is 0.800. The van der Waals surface area contributed by atoms with Gasteiger partial charge in [-0.25, -0.2) is 0 Å². The quantitative estimate of drug-likeness (QED) is 0.707. The van der Waals surface area contributed by atoms with Crippen molar-refractivity contribution in [3.8, 4) is 0 Å². The Morgan fingerprint density at radius 3 is 2.68 bits per heavy atom. The number of fused-ring (bicyclic) bond motifs is 5. The second kappa shape index (κ2) is 6.80. The van der Waals surface area contributed by atoms with Crippen molar-refractivity contribution in [3.63, 3.8) is 0 Å². The summed E-state index contributed by atoms with van der Waals surface area (Å²) < 4.78 is 0. The number of rotatable bonds is 3. The summed E-state index contributed by atoms with van der Waals surface area (Å²) in [6.45, 7) is 10.9. The third kappa shape index (κ3) is 2.72. The lowest BCUT2D eigenvalue weighted by atomic mass is 9.46. The van der Waals surface area contributed by atoms with Crippen molar-refractivity contribution in [2.45, 2.75) is 66.4 Å². The molecule has 0 saturated heterocycles. The number of hydrogen-bond acceptors (Lipinski definition) is 3. The van der Waals surface area contributed by atoms with Gasteiger partial charge in [-0.3, -0.25) is 4.79 Å². The minimum atomic E-state index is -0.389. The molecule has 28 heavy (non-hydrogen) atoms. The summed E-state index contributed by atoms with van der Waals surface area (Å²) in [6.07, 6.45) is 10.8. The van der Waals surface area contributed by atoms with Crippen LogP contribution in [0.3, 0.4) is 0 Å². The van der Waals surface area contributed by atoms with Crippen LogP contribution in [-0.4, -0.2) is 28.7 Å². The van der Waals surface area contributed by atoms with Crippen LogP contribution in [0.2, 0.25) is 0 Å². The van der Waals surface area contributed by atoms with Gasteiger partial charge in [0.15, 0.2) is 5.78 Å². The van der Waals surface area contributed by atoms with E-state index in [1.807, 2.05) is 0 Å². The Labute approximate surface area is 170 Å². The van der Waals surface area contributed by atoms with E-state index in [0.29, 0.717) is 30.1 Å². The first kappa shape index (κ1) is 20.3. The minimum absolute atomic E-state index is 0.0249. The van der Waals surface area contributed by atoms with E-state index < -0.39 is 0 Å². The van der Waals surface area contributed by atoms with E-state index in [2.05, 4.69) is 52.8 Å². The number of carbonyl (C=O) groups excluding carboxylic acids is 1. The van der Waals surface area contributed by atoms with E-state index in [4.69, 9.17) is 0 Å². The standard InChI is InChI=1S/C25H38O3/c1-14(2)16-8-9-24(4)17(11-16)6-7-18-19-10-15(3)22(21(28)13-26)25(19,5)12-20(27)23(18)24/h8-9,11,14-16,18-20,22-23,26-27H,6-7,10,12-13H2,1-5H3/t15-,16-,18+,19?,20+,22-,23?,24+,25+/m1/s1. The van der Waals surface area contributed by atoms with Crippen LogP contribution in [-0.2, 0) is 4.79 Å². The molecule has 3 nitrogen and oxygen atoms in total. The zero-order valence-electron chi connectivity index (χ0n) is 18.2. The van der Waals surface area contributed by atoms with Gasteiger partial charge in [-0.2, -0.15) is 0 Å². The number of carbonyl (C=O) groups is 1. The first-order valence-electron chi connectivity index (χ1n) is 11.4. The molecule has 0 radical (unpaired) electrons. The van der Waals surface area contributed by atoms with Crippen molar-refractivity contribution in [2.75, 3.05) is 6.61 Å². The fourth-order valence-corrected chi connectivity index (χ4v) is 8.05. The van der Waals surface area contributed by atoms with Crippen LogP contribution < -0.4 is 0 Å². The third-order valence-electron chi connectivity index (χ3n) is 9.26. The van der Waals surface area contributed by atoms with E-state index >= 15 is 0 Å². The van der Waals surface area contributed by atoms with E-state index in [9.17, 15) is 15.0 Å². The zero-order chi connectivity index (χ0) is 20.4. The van der Waals surface area contributed by atoms with Gasteiger partial charge in [0.25, 0.3) is 0 Å². The molecule has 0 aromatic carbocycles. The highest BCUT2D eigenvalue weighted by Crippen LogP contribution is 2.67. The summed E-state index contributed by atoms with van der Waals surface area (Å²) in [5.74, 6) is 2.41. The summed E-state index contributed by atoms with van der Waals surface area (Å²) in [7, 11) is 0. The lowest BCUT2D eigenvalue weighted by molar-refractivity contribution is -0.142. The van der Waals surface area contributed by atoms with E-state index in [-0.39, 0.29) is 47.1 Å². The first-order chi connectivity index (χ1) is 13.1. The molecule has 0 aromatic rings. The maximum atomic E-state index is 12.6. The molecule has 2 unspecified atom stereocenters. The second-order valence-corrected chi connectivity index (χ2v) is 11.1. The Balaban J connectivity index is 1.70. The summed E-state index contributed by atoms with van der Waals surface area (Å²) in [5.41, 5.74) is 1.28. The Morgan fingerprint density at radius 1 is 1.32 bits per heavy atom. The van der Waals surface area contributed by atoms with Crippen molar-refractivity contribution >= 4 is 5.78 Å². The van der Waals surface area contributed by atoms with E-state index in [1.54, 1.807) is 0 Å². The fourth-order valence-electron chi connectivity index (χ4n) is 8.05. The van der Waals surface area contributed by atoms with Gasteiger partial charge < -0.3 is 10.2 Å². The van der Waals surface area contributed by atoms with Crippen LogP contribution in [0.25, 0.3) is 0 Å². The SMILES string of the molecule is CC(C)[C@@H]1C=C[C@@]2(C)C(=C1)CC[C@@H]1C2[C@@H](O)C[C@@]2(C)C1C[C@@H](C)[C@@H]2C(=O)CO. The highest BCUT2D eigenvalue weighted by Gasteiger charge is 2.64.